The first-order chi connectivity index (χ1) is 4.20. The van der Waals surface area contributed by atoms with E-state index >= 15 is 0 Å². The summed E-state index contributed by atoms with van der Waals surface area (Å²) in [5.74, 6) is 0. The van der Waals surface area contributed by atoms with E-state index in [0.717, 1.165) is 0 Å². The Morgan fingerprint density at radius 2 is 2.11 bits per heavy atom. The number of aliphatic hydroxyl groups is 1. The fraction of sp³-hybridized carbons (Fsp3) is 1.00. The third kappa shape index (κ3) is 4.29. The average molecular weight is 140 g/mol. The molecule has 0 heterocycles. The van der Waals surface area contributed by atoms with E-state index in [4.69, 9.17) is 5.11 Å². The molecule has 0 rings (SSSR count). The zero-order chi connectivity index (χ0) is 7.28. The molecule has 1 unspecified atom stereocenters. The van der Waals surface area contributed by atoms with Crippen molar-refractivity contribution in [3.05, 3.63) is 0 Å². The minimum atomic E-state index is -2.78. The Labute approximate surface area is 52.4 Å². The fourth-order valence-electron chi connectivity index (χ4n) is 0.414. The van der Waals surface area contributed by atoms with Crippen LogP contribution in [0.4, 0.5) is 8.78 Å². The van der Waals surface area contributed by atoms with Gasteiger partial charge in [0.25, 0.3) is 0 Å². The highest BCUT2D eigenvalue weighted by Crippen LogP contribution is 2.03. The van der Waals surface area contributed by atoms with Crippen LogP contribution in [0.25, 0.3) is 0 Å². The van der Waals surface area contributed by atoms with Crippen molar-refractivity contribution in [3.63, 3.8) is 0 Å². The van der Waals surface area contributed by atoms with Crippen LogP contribution in [0.2, 0.25) is 0 Å². The second-order valence-electron chi connectivity index (χ2n) is 1.61. The van der Waals surface area contributed by atoms with Gasteiger partial charge in [-0.05, 0) is 6.42 Å². The zero-order valence-electron chi connectivity index (χ0n) is 5.18. The Bertz CT molecular complexity index is 64.0. The van der Waals surface area contributed by atoms with Gasteiger partial charge in [-0.2, -0.15) is 8.78 Å². The van der Waals surface area contributed by atoms with Crippen molar-refractivity contribution in [1.29, 1.82) is 0 Å². The number of hydrogen-bond donors (Lipinski definition) is 1. The highest BCUT2D eigenvalue weighted by atomic mass is 19.3. The smallest absolute Gasteiger partial charge is 0.345 e. The minimum absolute atomic E-state index is 0.346. The molecule has 0 aliphatic carbocycles. The van der Waals surface area contributed by atoms with Gasteiger partial charge in [0.05, 0.1) is 12.7 Å². The van der Waals surface area contributed by atoms with Gasteiger partial charge < -0.3 is 9.84 Å². The third-order valence-electron chi connectivity index (χ3n) is 0.954. The molecule has 0 bridgehead atoms. The summed E-state index contributed by atoms with van der Waals surface area (Å²) in [5.41, 5.74) is 0. The van der Waals surface area contributed by atoms with E-state index in [1.54, 1.807) is 6.92 Å². The third-order valence-corrected chi connectivity index (χ3v) is 0.954. The zero-order valence-corrected chi connectivity index (χ0v) is 5.18. The lowest BCUT2D eigenvalue weighted by Gasteiger charge is -2.10. The molecule has 0 aromatic heterocycles. The van der Waals surface area contributed by atoms with Gasteiger partial charge in [0, 0.05) is 0 Å². The largest absolute Gasteiger partial charge is 0.394 e. The van der Waals surface area contributed by atoms with Gasteiger partial charge in [0.2, 0.25) is 0 Å². The van der Waals surface area contributed by atoms with Crippen LogP contribution in [0.3, 0.4) is 0 Å². The van der Waals surface area contributed by atoms with Crippen molar-refractivity contribution in [3.8, 4) is 0 Å². The highest BCUT2D eigenvalue weighted by molar-refractivity contribution is 4.49. The molecule has 0 amide bonds. The van der Waals surface area contributed by atoms with E-state index < -0.39 is 12.7 Å². The molecule has 0 spiro atoms. The van der Waals surface area contributed by atoms with Gasteiger partial charge in [0.15, 0.2) is 0 Å². The first-order valence-corrected chi connectivity index (χ1v) is 2.75. The van der Waals surface area contributed by atoms with Crippen LogP contribution in [0.1, 0.15) is 13.3 Å². The molecule has 2 nitrogen and oxygen atoms in total. The second kappa shape index (κ2) is 4.64. The molecule has 4 heteroatoms. The molecule has 56 valence electrons. The van der Waals surface area contributed by atoms with E-state index in [0.29, 0.717) is 6.42 Å². The van der Waals surface area contributed by atoms with Gasteiger partial charge in [0.1, 0.15) is 0 Å². The van der Waals surface area contributed by atoms with Gasteiger partial charge in [-0.1, -0.05) is 6.92 Å². The van der Waals surface area contributed by atoms with Crippen molar-refractivity contribution in [2.24, 2.45) is 0 Å². The van der Waals surface area contributed by atoms with Crippen molar-refractivity contribution < 1.29 is 18.6 Å². The molecule has 1 N–H and O–H groups in total. The normalized spacial score (nSPS) is 14.3. The van der Waals surface area contributed by atoms with E-state index in [-0.39, 0.29) is 6.61 Å². The van der Waals surface area contributed by atoms with Crippen LogP contribution < -0.4 is 0 Å². The topological polar surface area (TPSA) is 29.5 Å². The lowest BCUT2D eigenvalue weighted by molar-refractivity contribution is -0.172. The van der Waals surface area contributed by atoms with Crippen LogP contribution in [0, 0.1) is 0 Å². The Hall–Kier alpha value is -0.220. The van der Waals surface area contributed by atoms with Crippen LogP contribution >= 0.6 is 0 Å². The predicted octanol–water partition coefficient (Wildman–Crippen LogP) is 0.996. The summed E-state index contributed by atoms with van der Waals surface area (Å²) < 4.78 is 26.6. The van der Waals surface area contributed by atoms with Crippen molar-refractivity contribution in [2.75, 3.05) is 6.61 Å². The quantitative estimate of drug-likeness (QED) is 0.631. The van der Waals surface area contributed by atoms with E-state index in [1.807, 2.05) is 0 Å². The van der Waals surface area contributed by atoms with Crippen molar-refractivity contribution in [1.82, 2.24) is 0 Å². The lowest BCUT2D eigenvalue weighted by Crippen LogP contribution is -2.19. The van der Waals surface area contributed by atoms with Crippen LogP contribution in [0.5, 0.6) is 0 Å². The molecule has 0 aromatic carbocycles. The van der Waals surface area contributed by atoms with Crippen LogP contribution in [0.15, 0.2) is 0 Å². The van der Waals surface area contributed by atoms with Gasteiger partial charge in [-0.15, -0.1) is 0 Å². The maximum Gasteiger partial charge on any atom is 0.345 e. The highest BCUT2D eigenvalue weighted by Gasteiger charge is 2.10. The molecule has 0 aliphatic rings. The Morgan fingerprint density at radius 1 is 1.56 bits per heavy atom. The number of halogens is 2. The fourth-order valence-corrected chi connectivity index (χ4v) is 0.414. The van der Waals surface area contributed by atoms with Crippen molar-refractivity contribution >= 4 is 0 Å². The summed E-state index contributed by atoms with van der Waals surface area (Å²) in [6, 6.07) is 0. The summed E-state index contributed by atoms with van der Waals surface area (Å²) in [6.07, 6.45) is -0.314. The summed E-state index contributed by atoms with van der Waals surface area (Å²) in [6.45, 7) is -1.45. The number of rotatable bonds is 4. The molecular weight excluding hydrogens is 130 g/mol. The first-order valence-electron chi connectivity index (χ1n) is 2.75. The van der Waals surface area contributed by atoms with Crippen LogP contribution in [-0.4, -0.2) is 24.4 Å². The van der Waals surface area contributed by atoms with Gasteiger partial charge in [-0.3, -0.25) is 0 Å². The molecule has 0 radical (unpaired) electrons. The molecule has 0 saturated heterocycles. The standard InChI is InChI=1S/C5H10F2O2/c1-2-4(3-8)9-5(6)7/h4-5,8H,2-3H2,1H3. The molecule has 9 heavy (non-hydrogen) atoms. The van der Waals surface area contributed by atoms with E-state index in [2.05, 4.69) is 4.74 Å². The number of ether oxygens (including phenoxy) is 1. The Morgan fingerprint density at radius 3 is 2.22 bits per heavy atom. The van der Waals surface area contributed by atoms with Gasteiger partial charge >= 0.3 is 6.61 Å². The SMILES string of the molecule is CCC(CO)OC(F)F. The molecule has 0 aromatic rings. The summed E-state index contributed by atoms with van der Waals surface area (Å²) >= 11 is 0. The number of alkyl halides is 2. The second-order valence-corrected chi connectivity index (χ2v) is 1.61. The summed E-state index contributed by atoms with van der Waals surface area (Å²) in [5, 5.41) is 8.32. The monoisotopic (exact) mass is 140 g/mol. The van der Waals surface area contributed by atoms with E-state index in [1.165, 1.54) is 0 Å². The first kappa shape index (κ1) is 8.78. The maximum atomic E-state index is 11.3. The maximum absolute atomic E-state index is 11.3. The van der Waals surface area contributed by atoms with Crippen LogP contribution in [-0.2, 0) is 4.74 Å². The average Bonchev–Trinajstić information content (AvgIpc) is 1.82. The van der Waals surface area contributed by atoms with Crippen molar-refractivity contribution in [2.45, 2.75) is 26.1 Å². The summed E-state index contributed by atoms with van der Waals surface area (Å²) in [7, 11) is 0. The molecule has 0 fully saturated rings. The lowest BCUT2D eigenvalue weighted by atomic mass is 10.3. The van der Waals surface area contributed by atoms with Gasteiger partial charge in [-0.25, -0.2) is 0 Å². The van der Waals surface area contributed by atoms with E-state index in [9.17, 15) is 8.78 Å². The number of hydrogen-bond acceptors (Lipinski definition) is 2. The molecule has 0 aliphatic heterocycles. The number of aliphatic hydroxyl groups excluding tert-OH is 1. The molecule has 1 atom stereocenters. The molecular formula is C5H10F2O2. The minimum Gasteiger partial charge on any atom is -0.394 e. The predicted molar refractivity (Wildman–Crippen MR) is 28.3 cm³/mol. The molecule has 0 saturated carbocycles. The summed E-state index contributed by atoms with van der Waals surface area (Å²) in [4.78, 5) is 0. The Kier molecular flexibility index (Phi) is 4.53. The Balaban J connectivity index is 3.31.